The van der Waals surface area contributed by atoms with Crippen LogP contribution in [-0.4, -0.2) is 22.5 Å². The highest BCUT2D eigenvalue weighted by Crippen LogP contribution is 2.20. The molecular weight excluding hydrogens is 276 g/mol. The summed E-state index contributed by atoms with van der Waals surface area (Å²) in [6.45, 7) is 0.290. The first-order valence-electron chi connectivity index (χ1n) is 6.01. The van der Waals surface area contributed by atoms with Crippen molar-refractivity contribution in [3.63, 3.8) is 0 Å². The normalized spacial score (nSPS) is 11.8. The number of hydrogen-bond acceptors (Lipinski definition) is 4. The van der Waals surface area contributed by atoms with Crippen LogP contribution in [0.4, 0.5) is 0 Å². The smallest absolute Gasteiger partial charge is 0.216 e. The number of imidazole rings is 1. The third-order valence-electron chi connectivity index (χ3n) is 3.03. The van der Waals surface area contributed by atoms with Crippen molar-refractivity contribution in [2.45, 2.75) is 11.7 Å². The molecule has 0 fully saturated rings. The summed E-state index contributed by atoms with van der Waals surface area (Å²) in [6, 6.07) is 16.3. The van der Waals surface area contributed by atoms with Crippen LogP contribution in [0.2, 0.25) is 0 Å². The molecule has 0 atom stereocenters. The summed E-state index contributed by atoms with van der Waals surface area (Å²) in [5.41, 5.74) is 2.03. The van der Waals surface area contributed by atoms with Gasteiger partial charge in [-0.2, -0.15) is 0 Å². The van der Waals surface area contributed by atoms with Crippen molar-refractivity contribution in [1.29, 1.82) is 0 Å². The van der Waals surface area contributed by atoms with E-state index >= 15 is 0 Å². The summed E-state index contributed by atoms with van der Waals surface area (Å²) in [4.78, 5) is 3.94. The Labute approximate surface area is 116 Å². The number of benzene rings is 2. The molecule has 2 aromatic carbocycles. The highest BCUT2D eigenvalue weighted by molar-refractivity contribution is 7.85. The minimum Gasteiger partial charge on any atom is -0.742 e. The fourth-order valence-corrected chi connectivity index (χ4v) is 2.81. The van der Waals surface area contributed by atoms with Crippen molar-refractivity contribution >= 4 is 21.2 Å². The van der Waals surface area contributed by atoms with Crippen molar-refractivity contribution < 1.29 is 13.0 Å². The number of nitrogens with zero attached hydrogens (tertiary/aromatic N) is 2. The third kappa shape index (κ3) is 2.31. The zero-order chi connectivity index (χ0) is 14.2. The summed E-state index contributed by atoms with van der Waals surface area (Å²) in [5.74, 6) is 0. The highest BCUT2D eigenvalue weighted by Gasteiger charge is 2.15. The maximum absolute atomic E-state index is 11.4. The molecule has 0 saturated heterocycles. The number of para-hydroxylation sites is 2. The van der Waals surface area contributed by atoms with Crippen molar-refractivity contribution in [3.05, 3.63) is 60.2 Å². The summed E-state index contributed by atoms with van der Waals surface area (Å²) in [6.07, 6.45) is 0. The maximum Gasteiger partial charge on any atom is 0.216 e. The van der Waals surface area contributed by atoms with Gasteiger partial charge in [0.1, 0.15) is 0 Å². The van der Waals surface area contributed by atoms with Crippen LogP contribution in [-0.2, 0) is 16.7 Å². The second-order valence-electron chi connectivity index (χ2n) is 4.41. The van der Waals surface area contributed by atoms with Gasteiger partial charge < -0.3 is 9.12 Å². The molecule has 0 unspecified atom stereocenters. The first kappa shape index (κ1) is 12.8. The van der Waals surface area contributed by atoms with E-state index in [2.05, 4.69) is 4.98 Å². The second-order valence-corrected chi connectivity index (χ2v) is 5.68. The molecule has 102 valence electrons. The molecule has 1 heterocycles. The van der Waals surface area contributed by atoms with Crippen LogP contribution in [0.1, 0.15) is 5.56 Å². The average Bonchev–Trinajstić information content (AvgIpc) is 2.79. The fraction of sp³-hybridized carbons (Fsp3) is 0.0714. The molecule has 3 rings (SSSR count). The van der Waals surface area contributed by atoms with Gasteiger partial charge in [-0.05, 0) is 17.7 Å². The lowest BCUT2D eigenvalue weighted by Gasteiger charge is -2.11. The van der Waals surface area contributed by atoms with E-state index in [9.17, 15) is 13.0 Å². The molecule has 1 aromatic heterocycles. The number of aromatic nitrogens is 2. The van der Waals surface area contributed by atoms with Gasteiger partial charge in [-0.3, -0.25) is 0 Å². The molecule has 5 nitrogen and oxygen atoms in total. The van der Waals surface area contributed by atoms with Gasteiger partial charge in [0.15, 0.2) is 10.1 Å². The molecule has 0 amide bonds. The molecule has 0 aliphatic carbocycles. The minimum absolute atomic E-state index is 0.290. The molecule has 20 heavy (non-hydrogen) atoms. The molecular formula is C14H11N2O3S-. The van der Waals surface area contributed by atoms with Crippen LogP contribution in [0.3, 0.4) is 0 Å². The molecule has 0 aliphatic rings. The minimum atomic E-state index is -4.61. The largest absolute Gasteiger partial charge is 0.742 e. The SMILES string of the molecule is O=S(=O)([O-])c1nc2ccccc2n1Cc1ccccc1. The fourth-order valence-electron chi connectivity index (χ4n) is 2.16. The quantitative estimate of drug-likeness (QED) is 0.690. The summed E-state index contributed by atoms with van der Waals surface area (Å²) < 4.78 is 35.6. The summed E-state index contributed by atoms with van der Waals surface area (Å²) >= 11 is 0. The van der Waals surface area contributed by atoms with Gasteiger partial charge in [-0.25, -0.2) is 13.4 Å². The average molecular weight is 287 g/mol. The zero-order valence-electron chi connectivity index (χ0n) is 10.4. The van der Waals surface area contributed by atoms with Gasteiger partial charge in [0.2, 0.25) is 5.16 Å². The van der Waals surface area contributed by atoms with Gasteiger partial charge in [0.25, 0.3) is 0 Å². The van der Waals surface area contributed by atoms with E-state index in [4.69, 9.17) is 0 Å². The van der Waals surface area contributed by atoms with Crippen LogP contribution in [0.5, 0.6) is 0 Å². The second kappa shape index (κ2) is 4.73. The monoisotopic (exact) mass is 287 g/mol. The van der Waals surface area contributed by atoms with E-state index in [0.29, 0.717) is 11.0 Å². The lowest BCUT2D eigenvalue weighted by Crippen LogP contribution is -2.10. The molecule has 6 heteroatoms. The Hall–Kier alpha value is -2.18. The van der Waals surface area contributed by atoms with Gasteiger partial charge in [0, 0.05) is 0 Å². The lowest BCUT2D eigenvalue weighted by atomic mass is 10.2. The predicted octanol–water partition coefficient (Wildman–Crippen LogP) is 1.99. The van der Waals surface area contributed by atoms with E-state index in [1.165, 1.54) is 4.57 Å². The molecule has 0 saturated carbocycles. The summed E-state index contributed by atoms with van der Waals surface area (Å²) in [7, 11) is -4.61. The number of fused-ring (bicyclic) bond motifs is 1. The number of hydrogen-bond donors (Lipinski definition) is 0. The molecule has 0 radical (unpaired) electrons. The van der Waals surface area contributed by atoms with Gasteiger partial charge in [0.05, 0.1) is 17.6 Å². The highest BCUT2D eigenvalue weighted by atomic mass is 32.2. The van der Waals surface area contributed by atoms with E-state index in [-0.39, 0.29) is 6.54 Å². The first-order chi connectivity index (χ1) is 9.55. The van der Waals surface area contributed by atoms with E-state index < -0.39 is 15.3 Å². The van der Waals surface area contributed by atoms with Crippen molar-refractivity contribution in [2.75, 3.05) is 0 Å². The van der Waals surface area contributed by atoms with E-state index in [1.807, 2.05) is 30.3 Å². The standard InChI is InChI=1S/C14H12N2O3S/c17-20(18,19)14-15-12-8-4-5-9-13(12)16(14)10-11-6-2-1-3-7-11/h1-9H,10H2,(H,17,18,19)/p-1. The Morgan fingerprint density at radius 3 is 2.35 bits per heavy atom. The van der Waals surface area contributed by atoms with Crippen molar-refractivity contribution in [2.24, 2.45) is 0 Å². The van der Waals surface area contributed by atoms with Gasteiger partial charge in [-0.15, -0.1) is 0 Å². The lowest BCUT2D eigenvalue weighted by molar-refractivity contribution is 0.448. The van der Waals surface area contributed by atoms with Crippen LogP contribution < -0.4 is 0 Å². The van der Waals surface area contributed by atoms with Crippen molar-refractivity contribution in [1.82, 2.24) is 9.55 Å². The number of rotatable bonds is 3. The molecule has 0 N–H and O–H groups in total. The van der Waals surface area contributed by atoms with Crippen LogP contribution in [0, 0.1) is 0 Å². The molecule has 0 aliphatic heterocycles. The van der Waals surface area contributed by atoms with Crippen molar-refractivity contribution in [3.8, 4) is 0 Å². The van der Waals surface area contributed by atoms with Crippen LogP contribution >= 0.6 is 0 Å². The zero-order valence-corrected chi connectivity index (χ0v) is 11.2. The Bertz CT molecular complexity index is 855. The summed E-state index contributed by atoms with van der Waals surface area (Å²) in [5, 5.41) is -0.442. The topological polar surface area (TPSA) is 75.0 Å². The van der Waals surface area contributed by atoms with Crippen LogP contribution in [0.25, 0.3) is 11.0 Å². The molecule has 0 bridgehead atoms. The molecule has 0 spiro atoms. The van der Waals surface area contributed by atoms with E-state index in [1.54, 1.807) is 24.3 Å². The first-order valence-corrected chi connectivity index (χ1v) is 7.41. The molecule has 3 aromatic rings. The van der Waals surface area contributed by atoms with Crippen LogP contribution in [0.15, 0.2) is 59.8 Å². The van der Waals surface area contributed by atoms with Gasteiger partial charge in [-0.1, -0.05) is 42.5 Å². The Morgan fingerprint density at radius 1 is 1.00 bits per heavy atom. The predicted molar refractivity (Wildman–Crippen MR) is 73.2 cm³/mol. The Morgan fingerprint density at radius 2 is 1.65 bits per heavy atom. The van der Waals surface area contributed by atoms with Gasteiger partial charge >= 0.3 is 0 Å². The van der Waals surface area contributed by atoms with E-state index in [0.717, 1.165) is 5.56 Å². The third-order valence-corrected chi connectivity index (χ3v) is 3.79. The Kier molecular flexibility index (Phi) is 3.04. The maximum atomic E-state index is 11.4. The Balaban J connectivity index is 2.22.